The molecule has 1 saturated heterocycles. The van der Waals surface area contributed by atoms with Crippen molar-refractivity contribution < 1.29 is 18.0 Å². The number of piperazine rings is 1. The lowest BCUT2D eigenvalue weighted by Gasteiger charge is -2.35. The molecule has 0 spiro atoms. The number of hydrogen-bond acceptors (Lipinski definition) is 5. The number of nitrogens with zero attached hydrogens (tertiary/aromatic N) is 6. The maximum atomic E-state index is 13.9. The second kappa shape index (κ2) is 7.53. The Morgan fingerprint density at radius 3 is 2.38 bits per heavy atom. The van der Waals surface area contributed by atoms with Gasteiger partial charge in [-0.1, -0.05) is 0 Å². The molecule has 0 radical (unpaired) electrons. The first kappa shape index (κ1) is 18.9. The smallest absolute Gasteiger partial charge is 0.257 e. The lowest BCUT2D eigenvalue weighted by Crippen LogP contribution is -2.49. The molecule has 29 heavy (non-hydrogen) atoms. The first-order valence-corrected chi connectivity index (χ1v) is 8.96. The predicted molar refractivity (Wildman–Crippen MR) is 98.3 cm³/mol. The molecule has 0 unspecified atom stereocenters. The second-order valence-corrected chi connectivity index (χ2v) is 6.64. The van der Waals surface area contributed by atoms with E-state index < -0.39 is 28.9 Å². The van der Waals surface area contributed by atoms with Gasteiger partial charge in [0.1, 0.15) is 12.1 Å². The highest BCUT2D eigenvalue weighted by Crippen LogP contribution is 2.20. The van der Waals surface area contributed by atoms with Gasteiger partial charge in [-0.25, -0.2) is 27.8 Å². The van der Waals surface area contributed by atoms with Crippen LogP contribution in [0.3, 0.4) is 0 Å². The van der Waals surface area contributed by atoms with Crippen LogP contribution in [0.2, 0.25) is 0 Å². The fourth-order valence-corrected chi connectivity index (χ4v) is 3.18. The molecule has 0 aliphatic carbocycles. The van der Waals surface area contributed by atoms with E-state index in [1.54, 1.807) is 16.9 Å². The first-order chi connectivity index (χ1) is 13.9. The molecule has 0 bridgehead atoms. The summed E-state index contributed by atoms with van der Waals surface area (Å²) in [7, 11) is 0. The molecule has 2 aromatic heterocycles. The second-order valence-electron chi connectivity index (χ2n) is 6.64. The van der Waals surface area contributed by atoms with Gasteiger partial charge in [-0.3, -0.25) is 4.79 Å². The lowest BCUT2D eigenvalue weighted by molar-refractivity contribution is 0.0740. The standard InChI is InChI=1S/C19H17F3N6O/c1-12-4-5-28(25-12)16-10-15(23-11-24-16)26-6-8-27(9-7-26)19(29)13-2-3-14(20)18(22)17(13)21/h2-5,10-11H,6-9H2,1H3. The van der Waals surface area contributed by atoms with E-state index in [2.05, 4.69) is 15.1 Å². The average molecular weight is 402 g/mol. The average Bonchev–Trinajstić information content (AvgIpc) is 3.18. The summed E-state index contributed by atoms with van der Waals surface area (Å²) in [6.45, 7) is 3.36. The molecule has 3 aromatic rings. The van der Waals surface area contributed by atoms with Crippen LogP contribution < -0.4 is 4.90 Å². The van der Waals surface area contributed by atoms with E-state index in [0.29, 0.717) is 24.7 Å². The van der Waals surface area contributed by atoms with Crippen molar-refractivity contribution in [3.63, 3.8) is 0 Å². The third kappa shape index (κ3) is 3.65. The fourth-order valence-electron chi connectivity index (χ4n) is 3.18. The lowest BCUT2D eigenvalue weighted by atomic mass is 10.1. The predicted octanol–water partition coefficient (Wildman–Crippen LogP) is 2.35. The van der Waals surface area contributed by atoms with Crippen molar-refractivity contribution in [2.75, 3.05) is 31.1 Å². The number of benzene rings is 1. The van der Waals surface area contributed by atoms with Crippen molar-refractivity contribution in [1.29, 1.82) is 0 Å². The van der Waals surface area contributed by atoms with E-state index in [4.69, 9.17) is 0 Å². The Balaban J connectivity index is 1.46. The molecule has 0 atom stereocenters. The van der Waals surface area contributed by atoms with Crippen molar-refractivity contribution >= 4 is 11.7 Å². The summed E-state index contributed by atoms with van der Waals surface area (Å²) in [5, 5.41) is 4.32. The van der Waals surface area contributed by atoms with E-state index in [0.717, 1.165) is 17.8 Å². The highest BCUT2D eigenvalue weighted by atomic mass is 19.2. The molecular weight excluding hydrogens is 385 g/mol. The fraction of sp³-hybridized carbons (Fsp3) is 0.263. The van der Waals surface area contributed by atoms with Gasteiger partial charge in [0.2, 0.25) is 0 Å². The minimum Gasteiger partial charge on any atom is -0.353 e. The number of hydrogen-bond donors (Lipinski definition) is 0. The largest absolute Gasteiger partial charge is 0.353 e. The van der Waals surface area contributed by atoms with Gasteiger partial charge in [-0.15, -0.1) is 0 Å². The summed E-state index contributed by atoms with van der Waals surface area (Å²) in [5.74, 6) is -3.81. The Kier molecular flexibility index (Phi) is 4.91. The van der Waals surface area contributed by atoms with Crippen LogP contribution in [0.25, 0.3) is 5.82 Å². The number of aromatic nitrogens is 4. The van der Waals surface area contributed by atoms with Gasteiger partial charge in [0.15, 0.2) is 23.3 Å². The SMILES string of the molecule is Cc1ccn(-c2cc(N3CCN(C(=O)c4ccc(F)c(F)c4F)CC3)ncn2)n1. The summed E-state index contributed by atoms with van der Waals surface area (Å²) < 4.78 is 42.1. The summed E-state index contributed by atoms with van der Waals surface area (Å²) >= 11 is 0. The van der Waals surface area contributed by atoms with Crippen LogP contribution in [0.1, 0.15) is 16.1 Å². The number of rotatable bonds is 3. The molecule has 4 rings (SSSR count). The van der Waals surface area contributed by atoms with Crippen LogP contribution in [0.4, 0.5) is 19.0 Å². The van der Waals surface area contributed by atoms with Crippen LogP contribution in [-0.2, 0) is 0 Å². The number of aryl methyl sites for hydroxylation is 1. The van der Waals surface area contributed by atoms with Crippen LogP contribution in [0, 0.1) is 24.4 Å². The highest BCUT2D eigenvalue weighted by Gasteiger charge is 2.27. The molecule has 0 N–H and O–H groups in total. The third-order valence-corrected chi connectivity index (χ3v) is 4.75. The molecular formula is C19H17F3N6O. The van der Waals surface area contributed by atoms with Crippen molar-refractivity contribution in [1.82, 2.24) is 24.6 Å². The van der Waals surface area contributed by atoms with Crippen molar-refractivity contribution in [2.24, 2.45) is 0 Å². The summed E-state index contributed by atoms with van der Waals surface area (Å²) in [4.78, 5) is 24.4. The van der Waals surface area contributed by atoms with Crippen LogP contribution in [0.5, 0.6) is 0 Å². The minimum absolute atomic E-state index is 0.289. The summed E-state index contributed by atoms with van der Waals surface area (Å²) in [6.07, 6.45) is 3.24. The van der Waals surface area contributed by atoms with Crippen LogP contribution in [0.15, 0.2) is 36.8 Å². The molecule has 1 aliphatic heterocycles. The zero-order valence-corrected chi connectivity index (χ0v) is 15.5. The van der Waals surface area contributed by atoms with Crippen molar-refractivity contribution in [2.45, 2.75) is 6.92 Å². The Bertz CT molecular complexity index is 1060. The Hall–Kier alpha value is -3.43. The molecule has 3 heterocycles. The Labute approximate surface area is 164 Å². The maximum Gasteiger partial charge on any atom is 0.257 e. The molecule has 10 heteroatoms. The quantitative estimate of drug-likeness (QED) is 0.630. The first-order valence-electron chi connectivity index (χ1n) is 8.96. The van der Waals surface area contributed by atoms with Gasteiger partial charge in [0.25, 0.3) is 5.91 Å². The maximum absolute atomic E-state index is 13.9. The Morgan fingerprint density at radius 2 is 1.69 bits per heavy atom. The van der Waals surface area contributed by atoms with E-state index >= 15 is 0 Å². The van der Waals surface area contributed by atoms with E-state index in [-0.39, 0.29) is 13.1 Å². The highest BCUT2D eigenvalue weighted by molar-refractivity contribution is 5.94. The van der Waals surface area contributed by atoms with Gasteiger partial charge in [0.05, 0.1) is 11.3 Å². The summed E-state index contributed by atoms with van der Waals surface area (Å²) in [5.41, 5.74) is 0.387. The molecule has 1 amide bonds. The molecule has 1 aromatic carbocycles. The summed E-state index contributed by atoms with van der Waals surface area (Å²) in [6, 6.07) is 5.37. The zero-order chi connectivity index (χ0) is 20.5. The van der Waals surface area contributed by atoms with Crippen molar-refractivity contribution in [3.8, 4) is 5.82 Å². The zero-order valence-electron chi connectivity index (χ0n) is 15.5. The Morgan fingerprint density at radius 1 is 0.966 bits per heavy atom. The number of anilines is 1. The normalized spacial score (nSPS) is 14.3. The molecule has 1 aliphatic rings. The number of halogens is 3. The molecule has 1 fully saturated rings. The van der Waals surface area contributed by atoms with Gasteiger partial charge in [0, 0.05) is 38.4 Å². The number of carbonyl (C=O) groups excluding carboxylic acids is 1. The monoisotopic (exact) mass is 402 g/mol. The van der Waals surface area contributed by atoms with E-state index in [9.17, 15) is 18.0 Å². The number of amides is 1. The topological polar surface area (TPSA) is 67.2 Å². The van der Waals surface area contributed by atoms with Gasteiger partial charge in [-0.2, -0.15) is 5.10 Å². The van der Waals surface area contributed by atoms with Crippen molar-refractivity contribution in [3.05, 3.63) is 65.5 Å². The third-order valence-electron chi connectivity index (χ3n) is 4.75. The molecule has 7 nitrogen and oxygen atoms in total. The van der Waals surface area contributed by atoms with Crippen LogP contribution >= 0.6 is 0 Å². The molecule has 0 saturated carbocycles. The number of carbonyl (C=O) groups is 1. The van der Waals surface area contributed by atoms with E-state index in [1.807, 2.05) is 17.9 Å². The minimum atomic E-state index is -1.64. The van der Waals surface area contributed by atoms with E-state index in [1.165, 1.54) is 11.2 Å². The van der Waals surface area contributed by atoms with Gasteiger partial charge in [-0.05, 0) is 25.1 Å². The van der Waals surface area contributed by atoms with Gasteiger partial charge >= 0.3 is 0 Å². The van der Waals surface area contributed by atoms with Crippen LogP contribution in [-0.4, -0.2) is 56.7 Å². The van der Waals surface area contributed by atoms with Gasteiger partial charge < -0.3 is 9.80 Å². The molecule has 150 valence electrons.